The summed E-state index contributed by atoms with van der Waals surface area (Å²) < 4.78 is 15.6. The molecule has 0 aliphatic heterocycles. The minimum absolute atomic E-state index is 0.102. The third-order valence-electron chi connectivity index (χ3n) is 10.8. The molecular weight excluding hydrogens is 691 g/mol. The average Bonchev–Trinajstić information content (AvgIpc) is 3.17. The van der Waals surface area contributed by atoms with E-state index in [-0.39, 0.29) is 17.0 Å². The summed E-state index contributed by atoms with van der Waals surface area (Å²) in [5.41, 5.74) is 0. The van der Waals surface area contributed by atoms with Gasteiger partial charge in [0.25, 0.3) is 0 Å². The van der Waals surface area contributed by atoms with E-state index in [2.05, 4.69) is 19.2 Å². The molecule has 0 aliphatic carbocycles. The Morgan fingerprint density at radius 1 is 0.463 bits per heavy atom. The maximum atomic E-state index is 12.9. The topological polar surface area (TPSA) is 73.9 Å². The molecular formula is C47H93NO5S. The van der Waals surface area contributed by atoms with Crippen molar-refractivity contribution in [1.29, 1.82) is 0 Å². The summed E-state index contributed by atoms with van der Waals surface area (Å²) in [6.07, 6.45) is 47.2. The van der Waals surface area contributed by atoms with Crippen molar-refractivity contribution >= 4 is 23.0 Å². The number of hydrogen-bond donors (Lipinski definition) is 1. The monoisotopic (exact) mass is 784 g/mol. The quantitative estimate of drug-likeness (QED) is 0.0620. The molecule has 0 spiro atoms. The molecule has 54 heavy (non-hydrogen) atoms. The Morgan fingerprint density at radius 3 is 1.20 bits per heavy atom. The lowest BCUT2D eigenvalue weighted by atomic mass is 10.0. The predicted octanol–water partition coefficient (Wildman–Crippen LogP) is 15.1. The molecule has 1 N–H and O–H groups in total. The van der Waals surface area contributed by atoms with Crippen molar-refractivity contribution in [2.75, 3.05) is 40.1 Å². The van der Waals surface area contributed by atoms with Gasteiger partial charge in [-0.15, -0.1) is 0 Å². The average molecular weight is 784 g/mol. The largest absolute Gasteiger partial charge is 0.447 e. The normalized spacial score (nSPS) is 12.0. The fourth-order valence-corrected chi connectivity index (χ4v) is 8.31. The standard InChI is InChI=1S/C47H93NO5S/c1-4-6-8-10-12-14-16-18-20-22-24-26-28-30-32-34-36-38-45(44-48-47(50)53-43-42-52-41-40-51-3)54-46(49)39-37-35-33-31-29-27-25-23-21-19-17-15-13-11-9-7-5-2/h45H,4-44H2,1-3H3,(H,48,50). The number of carbonyl (C=O) groups excluding carboxylic acids is 2. The Morgan fingerprint density at radius 2 is 0.815 bits per heavy atom. The van der Waals surface area contributed by atoms with Crippen molar-refractivity contribution in [2.24, 2.45) is 0 Å². The van der Waals surface area contributed by atoms with Crippen molar-refractivity contribution in [2.45, 2.75) is 250 Å². The van der Waals surface area contributed by atoms with Crippen molar-refractivity contribution < 1.29 is 23.8 Å². The SMILES string of the molecule is CCCCCCCCCCCCCCCCCCCC(=O)SC(CCCCCCCCCCCCCCCCCCC)CNC(=O)OCCOCCOC. The Kier molecular flexibility index (Phi) is 45.9. The Hall–Kier alpha value is -0.790. The number of rotatable bonds is 45. The van der Waals surface area contributed by atoms with Crippen LogP contribution in [0, 0.1) is 0 Å². The van der Waals surface area contributed by atoms with Crippen molar-refractivity contribution in [3.63, 3.8) is 0 Å². The maximum Gasteiger partial charge on any atom is 0.407 e. The van der Waals surface area contributed by atoms with E-state index < -0.39 is 6.09 Å². The minimum Gasteiger partial charge on any atom is -0.447 e. The molecule has 0 rings (SSSR count). The fraction of sp³-hybridized carbons (Fsp3) is 0.957. The highest BCUT2D eigenvalue weighted by atomic mass is 32.2. The summed E-state index contributed by atoms with van der Waals surface area (Å²) in [4.78, 5) is 25.2. The van der Waals surface area contributed by atoms with Gasteiger partial charge in [-0.3, -0.25) is 4.79 Å². The molecule has 0 radical (unpaired) electrons. The first-order valence-corrected chi connectivity index (χ1v) is 24.7. The van der Waals surface area contributed by atoms with Crippen LogP contribution in [0.15, 0.2) is 0 Å². The molecule has 6 nitrogen and oxygen atoms in total. The van der Waals surface area contributed by atoms with Crippen LogP contribution >= 0.6 is 11.8 Å². The summed E-state index contributed by atoms with van der Waals surface area (Å²) in [5.74, 6) is 0. The number of nitrogens with one attached hydrogen (secondary N) is 1. The molecule has 7 heteroatoms. The van der Waals surface area contributed by atoms with E-state index in [9.17, 15) is 9.59 Å². The smallest absolute Gasteiger partial charge is 0.407 e. The van der Waals surface area contributed by atoms with Gasteiger partial charge >= 0.3 is 6.09 Å². The number of alkyl carbamates (subject to hydrolysis) is 1. The van der Waals surface area contributed by atoms with Crippen LogP contribution in [-0.2, 0) is 19.0 Å². The van der Waals surface area contributed by atoms with Crippen molar-refractivity contribution in [3.05, 3.63) is 0 Å². The zero-order valence-corrected chi connectivity index (χ0v) is 37.3. The summed E-state index contributed by atoms with van der Waals surface area (Å²) >= 11 is 1.45. The van der Waals surface area contributed by atoms with Crippen molar-refractivity contribution in [1.82, 2.24) is 5.32 Å². The number of thioether (sulfide) groups is 1. The molecule has 0 saturated carbocycles. The number of carbonyl (C=O) groups is 2. The molecule has 0 aromatic carbocycles. The first-order chi connectivity index (χ1) is 26.6. The van der Waals surface area contributed by atoms with Crippen LogP contribution in [0.5, 0.6) is 0 Å². The third kappa shape index (κ3) is 43.9. The zero-order valence-electron chi connectivity index (χ0n) is 36.5. The van der Waals surface area contributed by atoms with Crippen LogP contribution in [0.4, 0.5) is 4.79 Å². The minimum atomic E-state index is -0.432. The van der Waals surface area contributed by atoms with Crippen LogP contribution in [0.25, 0.3) is 0 Å². The molecule has 0 aromatic heterocycles. The number of ether oxygens (including phenoxy) is 3. The molecule has 0 bridgehead atoms. The number of unbranched alkanes of at least 4 members (excludes halogenated alkanes) is 32. The molecule has 0 aromatic rings. The summed E-state index contributed by atoms with van der Waals surface area (Å²) in [6.45, 7) is 6.63. The van der Waals surface area contributed by atoms with Gasteiger partial charge in [0, 0.05) is 25.3 Å². The fourth-order valence-electron chi connectivity index (χ4n) is 7.22. The van der Waals surface area contributed by atoms with Gasteiger partial charge in [0.1, 0.15) is 6.61 Å². The van der Waals surface area contributed by atoms with Crippen molar-refractivity contribution in [3.8, 4) is 0 Å². The Bertz CT molecular complexity index is 754. The number of hydrogen-bond acceptors (Lipinski definition) is 6. The lowest BCUT2D eigenvalue weighted by Gasteiger charge is -2.17. The first kappa shape index (κ1) is 53.2. The van der Waals surface area contributed by atoms with Crippen LogP contribution in [0.3, 0.4) is 0 Å². The van der Waals surface area contributed by atoms with Gasteiger partial charge in [0.15, 0.2) is 5.12 Å². The summed E-state index contributed by atoms with van der Waals surface area (Å²) in [6, 6.07) is 0. The van der Waals surface area contributed by atoms with E-state index in [1.54, 1.807) is 7.11 Å². The van der Waals surface area contributed by atoms with Gasteiger partial charge in [-0.2, -0.15) is 0 Å². The highest BCUT2D eigenvalue weighted by Crippen LogP contribution is 2.23. The lowest BCUT2D eigenvalue weighted by Crippen LogP contribution is -2.32. The zero-order chi connectivity index (χ0) is 39.3. The Balaban J connectivity index is 4.05. The molecule has 1 amide bonds. The van der Waals surface area contributed by atoms with E-state index in [1.165, 1.54) is 211 Å². The number of methoxy groups -OCH3 is 1. The van der Waals surface area contributed by atoms with Gasteiger partial charge in [0.2, 0.25) is 0 Å². The second-order valence-electron chi connectivity index (χ2n) is 16.1. The van der Waals surface area contributed by atoms with Crippen LogP contribution in [0.1, 0.15) is 245 Å². The second-order valence-corrected chi connectivity index (χ2v) is 17.4. The molecule has 0 saturated heterocycles. The van der Waals surface area contributed by atoms with E-state index in [0.717, 1.165) is 25.7 Å². The lowest BCUT2D eigenvalue weighted by molar-refractivity contribution is -0.111. The van der Waals surface area contributed by atoms with Crippen LogP contribution < -0.4 is 5.32 Å². The first-order valence-electron chi connectivity index (χ1n) is 23.8. The van der Waals surface area contributed by atoms with Gasteiger partial charge in [-0.1, -0.05) is 237 Å². The van der Waals surface area contributed by atoms with E-state index in [0.29, 0.717) is 32.8 Å². The number of amides is 1. The molecule has 0 heterocycles. The van der Waals surface area contributed by atoms with Gasteiger partial charge in [-0.05, 0) is 12.8 Å². The van der Waals surface area contributed by atoms with E-state index in [1.807, 2.05) is 0 Å². The van der Waals surface area contributed by atoms with Gasteiger partial charge in [-0.25, -0.2) is 4.79 Å². The molecule has 1 atom stereocenters. The Labute approximate surface area is 341 Å². The third-order valence-corrected chi connectivity index (χ3v) is 12.0. The van der Waals surface area contributed by atoms with E-state index in [4.69, 9.17) is 14.2 Å². The maximum absolute atomic E-state index is 12.9. The second kappa shape index (κ2) is 46.6. The van der Waals surface area contributed by atoms with Gasteiger partial charge < -0.3 is 19.5 Å². The molecule has 0 aliphatic rings. The summed E-state index contributed by atoms with van der Waals surface area (Å²) in [5, 5.41) is 3.28. The molecule has 0 fully saturated rings. The van der Waals surface area contributed by atoms with Crippen LogP contribution in [0.2, 0.25) is 0 Å². The molecule has 1 unspecified atom stereocenters. The van der Waals surface area contributed by atoms with Crippen LogP contribution in [-0.4, -0.2) is 56.5 Å². The highest BCUT2D eigenvalue weighted by molar-refractivity contribution is 8.14. The molecule has 322 valence electrons. The highest BCUT2D eigenvalue weighted by Gasteiger charge is 2.16. The van der Waals surface area contributed by atoms with E-state index >= 15 is 0 Å². The summed E-state index contributed by atoms with van der Waals surface area (Å²) in [7, 11) is 1.63. The van der Waals surface area contributed by atoms with Gasteiger partial charge in [0.05, 0.1) is 19.8 Å². The predicted molar refractivity (Wildman–Crippen MR) is 236 cm³/mol.